The molecule has 4 nitrogen and oxygen atoms in total. The van der Waals surface area contributed by atoms with Crippen LogP contribution >= 0.6 is 0 Å². The molecule has 7 heavy (non-hydrogen) atoms. The molecule has 0 aliphatic heterocycles. The van der Waals surface area contributed by atoms with Gasteiger partial charge in [-0.15, -0.1) is 0 Å². The van der Waals surface area contributed by atoms with Crippen molar-refractivity contribution in [3.63, 3.8) is 0 Å². The van der Waals surface area contributed by atoms with Crippen molar-refractivity contribution >= 4 is 43.7 Å². The van der Waals surface area contributed by atoms with Crippen LogP contribution in [0, 0.1) is 0 Å². The minimum atomic E-state index is -0.833. The van der Waals surface area contributed by atoms with Crippen LogP contribution in [0.5, 0.6) is 0 Å². The van der Waals surface area contributed by atoms with E-state index in [2.05, 4.69) is 0 Å². The van der Waals surface area contributed by atoms with E-state index in [1.807, 2.05) is 0 Å². The van der Waals surface area contributed by atoms with Crippen molar-refractivity contribution in [2.75, 3.05) is 0 Å². The van der Waals surface area contributed by atoms with Crippen LogP contribution in [-0.4, -0.2) is 59.8 Å². The third-order valence-electron chi connectivity index (χ3n) is 0. The van der Waals surface area contributed by atoms with Gasteiger partial charge in [0.15, 0.2) is 0 Å². The summed E-state index contributed by atoms with van der Waals surface area (Å²) in [4.78, 5) is 9.00. The van der Waals surface area contributed by atoms with E-state index in [4.69, 9.17) is 9.90 Å². The van der Waals surface area contributed by atoms with E-state index in [1.54, 1.807) is 0 Å². The molecule has 0 bridgehead atoms. The molecule has 0 aromatic heterocycles. The summed E-state index contributed by atoms with van der Waals surface area (Å²) in [5.41, 5.74) is 0. The van der Waals surface area contributed by atoms with Crippen LogP contribution in [0.4, 0.5) is 0 Å². The molecule has 0 atom stereocenters. The molecule has 0 fully saturated rings. The minimum absolute atomic E-state index is 0. The van der Waals surface area contributed by atoms with Gasteiger partial charge in [-0.3, -0.25) is 4.79 Å². The third-order valence-corrected chi connectivity index (χ3v) is 0. The summed E-state index contributed by atoms with van der Waals surface area (Å²) in [6, 6.07) is 0. The molecule has 0 saturated carbocycles. The van der Waals surface area contributed by atoms with E-state index in [0.29, 0.717) is 0 Å². The van der Waals surface area contributed by atoms with Crippen molar-refractivity contribution in [1.82, 2.24) is 0 Å². The van der Waals surface area contributed by atoms with Crippen molar-refractivity contribution < 1.29 is 23.7 Å². The van der Waals surface area contributed by atoms with Crippen LogP contribution in [0.1, 0.15) is 9.78 Å². The van der Waals surface area contributed by atoms with E-state index < -0.39 is 5.97 Å². The molecule has 44 valence electrons. The summed E-state index contributed by atoms with van der Waals surface area (Å²) in [5.74, 6) is -0.833. The molecule has 0 heterocycles. The number of hydrogen-bond donors (Lipinski definition) is 1. The predicted octanol–water partition coefficient (Wildman–Crippen LogP) is -1.71. The van der Waals surface area contributed by atoms with E-state index in [1.165, 1.54) is 0 Å². The van der Waals surface area contributed by atoms with Crippen molar-refractivity contribution in [3.8, 4) is 0 Å². The SMILES string of the molecule is CC(=O)O.O.O.[Ca+2].[H-].[H-]. The van der Waals surface area contributed by atoms with E-state index in [9.17, 15) is 0 Å². The number of aliphatic carboxylic acids is 1. The smallest absolute Gasteiger partial charge is 1.00 e. The number of carbonyl (C=O) groups is 1. The van der Waals surface area contributed by atoms with Gasteiger partial charge in [0.25, 0.3) is 5.97 Å². The largest absolute Gasteiger partial charge is 2.00 e. The predicted molar refractivity (Wildman–Crippen MR) is 28.5 cm³/mol. The Bertz CT molecular complexity index is 39.5. The Kier molecular flexibility index (Phi) is 57.8. The molecular formula is C2H10CaO4. The van der Waals surface area contributed by atoms with Gasteiger partial charge in [-0.2, -0.15) is 0 Å². The maximum absolute atomic E-state index is 9.00. The van der Waals surface area contributed by atoms with Gasteiger partial charge in [0.05, 0.1) is 0 Å². The van der Waals surface area contributed by atoms with Crippen LogP contribution in [0.15, 0.2) is 0 Å². The van der Waals surface area contributed by atoms with Crippen LogP contribution in [0.25, 0.3) is 0 Å². The molecule has 0 saturated heterocycles. The van der Waals surface area contributed by atoms with Gasteiger partial charge < -0.3 is 18.9 Å². The Hall–Kier alpha value is 0.650. The summed E-state index contributed by atoms with van der Waals surface area (Å²) < 4.78 is 0. The van der Waals surface area contributed by atoms with Gasteiger partial charge in [-0.05, 0) is 0 Å². The zero-order valence-corrected chi connectivity index (χ0v) is 6.27. The molecular weight excluding hydrogens is 128 g/mol. The van der Waals surface area contributed by atoms with Gasteiger partial charge in [0.1, 0.15) is 0 Å². The quantitative estimate of drug-likeness (QED) is 0.403. The van der Waals surface area contributed by atoms with Crippen molar-refractivity contribution in [2.24, 2.45) is 0 Å². The zero-order valence-electron chi connectivity index (χ0n) is 6.06. The number of carboxylic acids is 1. The molecule has 0 unspecified atom stereocenters. The molecule has 0 aliphatic rings. The molecule has 0 rings (SSSR count). The average molecular weight is 138 g/mol. The maximum atomic E-state index is 9.00. The fourth-order valence-corrected chi connectivity index (χ4v) is 0. The number of hydrogen-bond acceptors (Lipinski definition) is 1. The van der Waals surface area contributed by atoms with Crippen LogP contribution in [0.2, 0.25) is 0 Å². The molecule has 0 aromatic carbocycles. The summed E-state index contributed by atoms with van der Waals surface area (Å²) in [6.45, 7) is 1.08. The normalized spacial score (nSPS) is 3.57. The molecule has 0 aliphatic carbocycles. The number of carboxylic acid groups (broad SMARTS) is 1. The van der Waals surface area contributed by atoms with Crippen LogP contribution in [0.3, 0.4) is 0 Å². The Morgan fingerprint density at radius 3 is 1.57 bits per heavy atom. The topological polar surface area (TPSA) is 100 Å². The monoisotopic (exact) mass is 138 g/mol. The van der Waals surface area contributed by atoms with Crippen molar-refractivity contribution in [1.29, 1.82) is 0 Å². The first-order chi connectivity index (χ1) is 1.73. The summed E-state index contributed by atoms with van der Waals surface area (Å²) in [7, 11) is 0. The van der Waals surface area contributed by atoms with Gasteiger partial charge in [0.2, 0.25) is 0 Å². The van der Waals surface area contributed by atoms with Gasteiger partial charge in [-0.25, -0.2) is 0 Å². The Balaban J connectivity index is -0.00000000450. The van der Waals surface area contributed by atoms with Gasteiger partial charge >= 0.3 is 37.7 Å². The molecule has 0 radical (unpaired) electrons. The maximum Gasteiger partial charge on any atom is 2.00 e. The van der Waals surface area contributed by atoms with Crippen molar-refractivity contribution in [2.45, 2.75) is 6.92 Å². The first-order valence-corrected chi connectivity index (χ1v) is 0.928. The molecule has 0 aromatic rings. The fourth-order valence-electron chi connectivity index (χ4n) is 0. The standard InChI is InChI=1S/C2H4O2.Ca.2H2O.2H/c1-2(3)4;;;;;/h1H3,(H,3,4);;2*1H2;;/q;+2;;;2*-1. The van der Waals surface area contributed by atoms with E-state index in [-0.39, 0.29) is 51.5 Å². The summed E-state index contributed by atoms with van der Waals surface area (Å²) in [5, 5.41) is 7.42. The second-order valence-corrected chi connectivity index (χ2v) is 0.519. The first kappa shape index (κ1) is 25.4. The average Bonchev–Trinajstić information content (AvgIpc) is 0.811. The van der Waals surface area contributed by atoms with Gasteiger partial charge in [-0.1, -0.05) is 0 Å². The molecule has 0 spiro atoms. The molecule has 0 amide bonds. The Labute approximate surface area is 74.1 Å². The molecule has 5 heteroatoms. The summed E-state index contributed by atoms with van der Waals surface area (Å²) >= 11 is 0. The van der Waals surface area contributed by atoms with Crippen LogP contribution in [-0.2, 0) is 4.79 Å². The van der Waals surface area contributed by atoms with E-state index in [0.717, 1.165) is 6.92 Å². The number of rotatable bonds is 0. The zero-order chi connectivity index (χ0) is 3.58. The van der Waals surface area contributed by atoms with Gasteiger partial charge in [0, 0.05) is 6.92 Å². The third kappa shape index (κ3) is 341. The van der Waals surface area contributed by atoms with Crippen LogP contribution < -0.4 is 0 Å². The molecule has 5 N–H and O–H groups in total. The second kappa shape index (κ2) is 15.9. The minimum Gasteiger partial charge on any atom is -1.00 e. The van der Waals surface area contributed by atoms with Crippen molar-refractivity contribution in [3.05, 3.63) is 0 Å². The summed E-state index contributed by atoms with van der Waals surface area (Å²) in [6.07, 6.45) is 0. The second-order valence-electron chi connectivity index (χ2n) is 0.519. The Morgan fingerprint density at radius 1 is 1.57 bits per heavy atom. The Morgan fingerprint density at radius 2 is 1.57 bits per heavy atom. The fraction of sp³-hybridized carbons (Fsp3) is 0.500. The first-order valence-electron chi connectivity index (χ1n) is 0.928. The van der Waals surface area contributed by atoms with E-state index >= 15 is 0 Å².